The first-order chi connectivity index (χ1) is 12.6. The summed E-state index contributed by atoms with van der Waals surface area (Å²) in [4.78, 5) is 20.8. The average Bonchev–Trinajstić information content (AvgIpc) is 2.69. The summed E-state index contributed by atoms with van der Waals surface area (Å²) >= 11 is 0. The number of hydrogen-bond donors (Lipinski definition) is 0. The molecule has 0 N–H and O–H groups in total. The highest BCUT2D eigenvalue weighted by Crippen LogP contribution is 2.17. The highest BCUT2D eigenvalue weighted by atomic mass is 16.2. The molecule has 26 heavy (non-hydrogen) atoms. The van der Waals surface area contributed by atoms with Gasteiger partial charge in [0.05, 0.1) is 17.4 Å². The molecule has 0 radical (unpaired) electrons. The fraction of sp³-hybridized carbons (Fsp3) is 0.182. The zero-order valence-corrected chi connectivity index (χ0v) is 15.2. The van der Waals surface area contributed by atoms with Crippen molar-refractivity contribution in [3.63, 3.8) is 0 Å². The third kappa shape index (κ3) is 4.48. The van der Waals surface area contributed by atoms with Crippen molar-refractivity contribution < 1.29 is 4.79 Å². The second-order valence-corrected chi connectivity index (χ2v) is 6.42. The largest absolute Gasteiger partial charge is 0.369 e. The Kier molecular flexibility index (Phi) is 5.64. The first-order valence-electron chi connectivity index (χ1n) is 8.63. The van der Waals surface area contributed by atoms with Crippen LogP contribution in [0.2, 0.25) is 0 Å². The minimum Gasteiger partial charge on any atom is -0.369 e. The zero-order chi connectivity index (χ0) is 18.4. The Balaban J connectivity index is 1.70. The third-order valence-electron chi connectivity index (χ3n) is 4.28. The second kappa shape index (κ2) is 8.30. The van der Waals surface area contributed by atoms with E-state index in [0.717, 1.165) is 17.8 Å². The summed E-state index contributed by atoms with van der Waals surface area (Å²) in [5.74, 6) is -0.0312. The van der Waals surface area contributed by atoms with E-state index < -0.39 is 0 Å². The molecule has 0 unspecified atom stereocenters. The van der Waals surface area contributed by atoms with E-state index in [0.29, 0.717) is 12.1 Å². The Labute approximate surface area is 154 Å². The first kappa shape index (κ1) is 17.7. The van der Waals surface area contributed by atoms with Crippen molar-refractivity contribution in [2.75, 3.05) is 19.0 Å². The van der Waals surface area contributed by atoms with Crippen LogP contribution in [0.5, 0.6) is 0 Å². The molecule has 1 aromatic heterocycles. The lowest BCUT2D eigenvalue weighted by Crippen LogP contribution is -2.26. The lowest BCUT2D eigenvalue weighted by atomic mass is 10.1. The number of rotatable bonds is 6. The molecule has 3 rings (SSSR count). The van der Waals surface area contributed by atoms with E-state index in [-0.39, 0.29) is 5.91 Å². The van der Waals surface area contributed by atoms with Crippen LogP contribution in [0, 0.1) is 0 Å². The summed E-state index contributed by atoms with van der Waals surface area (Å²) in [7, 11) is 3.82. The van der Waals surface area contributed by atoms with Crippen LogP contribution in [0.3, 0.4) is 0 Å². The number of carbonyl (C=O) groups is 1. The number of anilines is 1. The fourth-order valence-electron chi connectivity index (χ4n) is 2.85. The third-order valence-corrected chi connectivity index (χ3v) is 4.28. The van der Waals surface area contributed by atoms with Gasteiger partial charge in [0.15, 0.2) is 0 Å². The maximum atomic E-state index is 12.7. The summed E-state index contributed by atoms with van der Waals surface area (Å²) in [6.45, 7) is 1.34. The van der Waals surface area contributed by atoms with Gasteiger partial charge in [0, 0.05) is 33.4 Å². The van der Waals surface area contributed by atoms with Gasteiger partial charge in [-0.2, -0.15) is 0 Å². The lowest BCUT2D eigenvalue weighted by Gasteiger charge is -2.21. The van der Waals surface area contributed by atoms with Crippen molar-refractivity contribution in [1.29, 1.82) is 0 Å². The number of amides is 1. The Hall–Kier alpha value is -3.14. The maximum Gasteiger partial charge on any atom is 0.255 e. The van der Waals surface area contributed by atoms with E-state index in [1.165, 1.54) is 5.56 Å². The van der Waals surface area contributed by atoms with Gasteiger partial charge in [-0.1, -0.05) is 60.7 Å². The van der Waals surface area contributed by atoms with Crippen molar-refractivity contribution >= 4 is 11.6 Å². The van der Waals surface area contributed by atoms with Gasteiger partial charge in [0.2, 0.25) is 0 Å². The van der Waals surface area contributed by atoms with E-state index in [2.05, 4.69) is 22.0 Å². The van der Waals surface area contributed by atoms with E-state index in [1.807, 2.05) is 68.7 Å². The number of carbonyl (C=O) groups excluding carboxylic acids is 1. The monoisotopic (exact) mass is 345 g/mol. The van der Waals surface area contributed by atoms with Gasteiger partial charge in [0.1, 0.15) is 0 Å². The topological polar surface area (TPSA) is 36.4 Å². The summed E-state index contributed by atoms with van der Waals surface area (Å²) in [5.41, 5.74) is 3.84. The quantitative estimate of drug-likeness (QED) is 0.678. The summed E-state index contributed by atoms with van der Waals surface area (Å²) in [6.07, 6.45) is 3.42. The first-order valence-corrected chi connectivity index (χ1v) is 8.63. The maximum absolute atomic E-state index is 12.7. The van der Waals surface area contributed by atoms with Crippen LogP contribution in [0.15, 0.2) is 79.1 Å². The Bertz CT molecular complexity index is 850. The van der Waals surface area contributed by atoms with E-state index in [4.69, 9.17) is 0 Å². The molecule has 2 aromatic carbocycles. The molecular weight excluding hydrogens is 322 g/mol. The molecule has 4 nitrogen and oxygen atoms in total. The zero-order valence-electron chi connectivity index (χ0n) is 15.2. The van der Waals surface area contributed by atoms with Crippen LogP contribution in [0.25, 0.3) is 0 Å². The summed E-state index contributed by atoms with van der Waals surface area (Å²) in [6, 6.07) is 22.1. The summed E-state index contributed by atoms with van der Waals surface area (Å²) < 4.78 is 0. The predicted molar refractivity (Wildman–Crippen MR) is 105 cm³/mol. The molecule has 0 atom stereocenters. The molecule has 3 aromatic rings. The van der Waals surface area contributed by atoms with Crippen molar-refractivity contribution in [1.82, 2.24) is 9.88 Å². The van der Waals surface area contributed by atoms with Crippen LogP contribution in [-0.2, 0) is 13.1 Å². The molecule has 4 heteroatoms. The van der Waals surface area contributed by atoms with Crippen LogP contribution < -0.4 is 4.90 Å². The molecule has 0 saturated carbocycles. The highest BCUT2D eigenvalue weighted by molar-refractivity contribution is 5.94. The molecule has 0 aliphatic rings. The predicted octanol–water partition coefficient (Wildman–Crippen LogP) is 3.99. The van der Waals surface area contributed by atoms with E-state index >= 15 is 0 Å². The lowest BCUT2D eigenvalue weighted by molar-refractivity contribution is 0.0784. The SMILES string of the molecule is CN(Cc1ccccc1)C(=O)c1cncc(N(C)Cc2ccccc2)c1. The normalized spacial score (nSPS) is 10.4. The number of nitrogens with zero attached hydrogens (tertiary/aromatic N) is 3. The van der Waals surface area contributed by atoms with Gasteiger partial charge in [-0.15, -0.1) is 0 Å². The van der Waals surface area contributed by atoms with Gasteiger partial charge >= 0.3 is 0 Å². The average molecular weight is 345 g/mol. The molecule has 0 aliphatic carbocycles. The van der Waals surface area contributed by atoms with Gasteiger partial charge < -0.3 is 9.80 Å². The van der Waals surface area contributed by atoms with Crippen LogP contribution in [0.1, 0.15) is 21.5 Å². The fourth-order valence-corrected chi connectivity index (χ4v) is 2.85. The highest BCUT2D eigenvalue weighted by Gasteiger charge is 2.14. The Morgan fingerprint density at radius 2 is 1.42 bits per heavy atom. The smallest absolute Gasteiger partial charge is 0.255 e. The van der Waals surface area contributed by atoms with Crippen LogP contribution in [-0.4, -0.2) is 29.9 Å². The minimum atomic E-state index is -0.0312. The molecule has 1 heterocycles. The number of pyridine rings is 1. The molecule has 132 valence electrons. The van der Waals surface area contributed by atoms with Crippen LogP contribution in [0.4, 0.5) is 5.69 Å². The molecule has 0 spiro atoms. The van der Waals surface area contributed by atoms with Crippen LogP contribution >= 0.6 is 0 Å². The molecule has 1 amide bonds. The minimum absolute atomic E-state index is 0.0312. The second-order valence-electron chi connectivity index (χ2n) is 6.42. The standard InChI is InChI=1S/C22H23N3O/c1-24(16-18-9-5-3-6-10-18)21-13-20(14-23-15-21)22(26)25(2)17-19-11-7-4-8-12-19/h3-15H,16-17H2,1-2H3. The van der Waals surface area contributed by atoms with Crippen molar-refractivity contribution in [3.8, 4) is 0 Å². The number of hydrogen-bond acceptors (Lipinski definition) is 3. The number of aromatic nitrogens is 1. The molecule has 0 saturated heterocycles. The molecule has 0 aliphatic heterocycles. The molecule has 0 bridgehead atoms. The van der Waals surface area contributed by atoms with E-state index in [1.54, 1.807) is 17.3 Å². The Morgan fingerprint density at radius 3 is 2.04 bits per heavy atom. The number of benzene rings is 2. The van der Waals surface area contributed by atoms with Gasteiger partial charge in [0.25, 0.3) is 5.91 Å². The van der Waals surface area contributed by atoms with Crippen molar-refractivity contribution in [2.45, 2.75) is 13.1 Å². The Morgan fingerprint density at radius 1 is 0.846 bits per heavy atom. The molecular formula is C22H23N3O. The van der Waals surface area contributed by atoms with Crippen molar-refractivity contribution in [2.24, 2.45) is 0 Å². The molecule has 0 fully saturated rings. The van der Waals surface area contributed by atoms with E-state index in [9.17, 15) is 4.79 Å². The van der Waals surface area contributed by atoms with Crippen molar-refractivity contribution in [3.05, 3.63) is 95.8 Å². The van der Waals surface area contributed by atoms with Gasteiger partial charge in [-0.25, -0.2) is 0 Å². The van der Waals surface area contributed by atoms with Gasteiger partial charge in [-0.05, 0) is 17.2 Å². The van der Waals surface area contributed by atoms with Gasteiger partial charge in [-0.3, -0.25) is 9.78 Å². The summed E-state index contributed by atoms with van der Waals surface area (Å²) in [5, 5.41) is 0.